The molecular formula is C18H24BrF2N5O. The number of rotatable bonds is 7. The third kappa shape index (κ3) is 3.93. The summed E-state index contributed by atoms with van der Waals surface area (Å²) in [7, 11) is 1.72. The first kappa shape index (κ1) is 20.0. The lowest BCUT2D eigenvalue weighted by atomic mass is 10.2. The third-order valence-electron chi connectivity index (χ3n) is 5.06. The van der Waals surface area contributed by atoms with Crippen molar-refractivity contribution in [3.8, 4) is 0 Å². The Hall–Kier alpha value is -1.77. The molecule has 1 aliphatic carbocycles. The lowest BCUT2D eigenvalue weighted by Gasteiger charge is -2.18. The second-order valence-electron chi connectivity index (χ2n) is 7.03. The van der Waals surface area contributed by atoms with E-state index in [1.165, 1.54) is 4.68 Å². The monoisotopic (exact) mass is 443 g/mol. The first-order valence-corrected chi connectivity index (χ1v) is 9.84. The highest BCUT2D eigenvalue weighted by atomic mass is 79.9. The summed E-state index contributed by atoms with van der Waals surface area (Å²) in [5.74, 6) is 0.0283. The van der Waals surface area contributed by atoms with Crippen LogP contribution in [0.1, 0.15) is 60.4 Å². The summed E-state index contributed by atoms with van der Waals surface area (Å²) >= 11 is 3.25. The van der Waals surface area contributed by atoms with Gasteiger partial charge in [0.1, 0.15) is 12.2 Å². The van der Waals surface area contributed by atoms with E-state index >= 15 is 0 Å². The molecule has 0 aromatic carbocycles. The van der Waals surface area contributed by atoms with Gasteiger partial charge in [0.25, 0.3) is 6.43 Å². The highest BCUT2D eigenvalue weighted by Crippen LogP contribution is 2.45. The number of amides is 1. The number of aromatic nitrogens is 4. The summed E-state index contributed by atoms with van der Waals surface area (Å²) in [6.45, 7) is 7.09. The summed E-state index contributed by atoms with van der Waals surface area (Å²) in [4.78, 5) is 14.3. The van der Waals surface area contributed by atoms with Gasteiger partial charge in [0.05, 0.1) is 15.9 Å². The van der Waals surface area contributed by atoms with Gasteiger partial charge in [-0.15, -0.1) is 0 Å². The zero-order chi connectivity index (χ0) is 19.9. The van der Waals surface area contributed by atoms with Gasteiger partial charge in [-0.25, -0.2) is 8.78 Å². The van der Waals surface area contributed by atoms with Gasteiger partial charge in [-0.1, -0.05) is 0 Å². The van der Waals surface area contributed by atoms with Crippen molar-refractivity contribution in [2.24, 2.45) is 0 Å². The molecule has 0 unspecified atom stereocenters. The van der Waals surface area contributed by atoms with Gasteiger partial charge >= 0.3 is 0 Å². The van der Waals surface area contributed by atoms with E-state index in [0.29, 0.717) is 16.7 Å². The number of hydrogen-bond acceptors (Lipinski definition) is 3. The van der Waals surface area contributed by atoms with E-state index in [2.05, 4.69) is 26.1 Å². The largest absolute Gasteiger partial charge is 0.340 e. The minimum absolute atomic E-state index is 0.0480. The fourth-order valence-electron chi connectivity index (χ4n) is 3.32. The summed E-state index contributed by atoms with van der Waals surface area (Å²) in [5, 5.41) is 8.48. The van der Waals surface area contributed by atoms with Crippen LogP contribution in [0.2, 0.25) is 0 Å². The molecule has 0 saturated heterocycles. The van der Waals surface area contributed by atoms with Crippen LogP contribution in [0.5, 0.6) is 0 Å². The Morgan fingerprint density at radius 3 is 2.48 bits per heavy atom. The van der Waals surface area contributed by atoms with Gasteiger partial charge < -0.3 is 4.90 Å². The summed E-state index contributed by atoms with van der Waals surface area (Å²) in [6, 6.07) is 0. The van der Waals surface area contributed by atoms with Gasteiger partial charge in [0.15, 0.2) is 0 Å². The molecule has 0 bridgehead atoms. The van der Waals surface area contributed by atoms with Crippen molar-refractivity contribution in [3.05, 3.63) is 32.8 Å². The highest BCUT2D eigenvalue weighted by molar-refractivity contribution is 9.10. The predicted octanol–water partition coefficient (Wildman–Crippen LogP) is 3.95. The van der Waals surface area contributed by atoms with E-state index in [0.717, 1.165) is 36.3 Å². The van der Waals surface area contributed by atoms with Crippen LogP contribution in [0.4, 0.5) is 8.78 Å². The molecule has 1 fully saturated rings. The number of likely N-dealkylation sites (N-methyl/N-ethyl adjacent to an activating group) is 1. The van der Waals surface area contributed by atoms with E-state index in [-0.39, 0.29) is 24.1 Å². The van der Waals surface area contributed by atoms with Crippen molar-refractivity contribution < 1.29 is 13.6 Å². The second kappa shape index (κ2) is 7.69. The lowest BCUT2D eigenvalue weighted by Crippen LogP contribution is -2.31. The number of nitrogens with zero attached hydrogens (tertiary/aromatic N) is 5. The highest BCUT2D eigenvalue weighted by Gasteiger charge is 2.34. The van der Waals surface area contributed by atoms with E-state index < -0.39 is 6.43 Å². The van der Waals surface area contributed by atoms with E-state index in [9.17, 15) is 13.6 Å². The molecule has 148 valence electrons. The molecule has 2 aromatic rings. The Morgan fingerprint density at radius 1 is 1.30 bits per heavy atom. The molecule has 2 aromatic heterocycles. The topological polar surface area (TPSA) is 56.0 Å². The SMILES string of the molecule is CCn1nc(C)c(CN(C)C(=O)Cn2nc(C(F)F)c(Br)c2C2CC2)c1C. The van der Waals surface area contributed by atoms with E-state index in [4.69, 9.17) is 0 Å². The van der Waals surface area contributed by atoms with Crippen molar-refractivity contribution in [2.75, 3.05) is 7.05 Å². The Bertz CT molecular complexity index is 857. The zero-order valence-corrected chi connectivity index (χ0v) is 17.6. The van der Waals surface area contributed by atoms with Crippen molar-refractivity contribution in [3.63, 3.8) is 0 Å². The zero-order valence-electron chi connectivity index (χ0n) is 16.0. The third-order valence-corrected chi connectivity index (χ3v) is 5.88. The molecule has 0 atom stereocenters. The van der Waals surface area contributed by atoms with Gasteiger partial charge in [-0.05, 0) is 49.5 Å². The Balaban J connectivity index is 1.77. The van der Waals surface area contributed by atoms with Crippen LogP contribution in [-0.4, -0.2) is 37.4 Å². The number of hydrogen-bond donors (Lipinski definition) is 0. The molecular weight excluding hydrogens is 420 g/mol. The molecule has 9 heteroatoms. The first-order valence-electron chi connectivity index (χ1n) is 9.05. The maximum Gasteiger partial charge on any atom is 0.283 e. The minimum Gasteiger partial charge on any atom is -0.340 e. The normalized spacial score (nSPS) is 14.2. The Morgan fingerprint density at radius 2 is 1.96 bits per heavy atom. The van der Waals surface area contributed by atoms with Crippen LogP contribution >= 0.6 is 15.9 Å². The maximum absolute atomic E-state index is 13.2. The number of carbonyl (C=O) groups is 1. The predicted molar refractivity (Wildman–Crippen MR) is 101 cm³/mol. The summed E-state index contributed by atoms with van der Waals surface area (Å²) in [5.41, 5.74) is 3.37. The van der Waals surface area contributed by atoms with Crippen LogP contribution in [0, 0.1) is 13.8 Å². The Labute approximate surface area is 165 Å². The van der Waals surface area contributed by atoms with Crippen molar-refractivity contribution in [1.29, 1.82) is 0 Å². The maximum atomic E-state index is 13.2. The van der Waals surface area contributed by atoms with E-state index in [1.807, 2.05) is 25.5 Å². The van der Waals surface area contributed by atoms with Crippen molar-refractivity contribution in [1.82, 2.24) is 24.5 Å². The number of carbonyl (C=O) groups excluding carboxylic acids is 1. The molecule has 1 aliphatic rings. The standard InChI is InChI=1S/C18H24BrF2N5O/c1-5-25-11(3)13(10(2)22-25)8-24(4)14(27)9-26-17(12-6-7-12)15(19)16(23-26)18(20)21/h12,18H,5-9H2,1-4H3. The van der Waals surface area contributed by atoms with Crippen molar-refractivity contribution >= 4 is 21.8 Å². The number of alkyl halides is 2. The first-order chi connectivity index (χ1) is 12.7. The fraction of sp³-hybridized carbons (Fsp3) is 0.611. The molecule has 0 N–H and O–H groups in total. The van der Waals surface area contributed by atoms with Crippen LogP contribution in [-0.2, 0) is 24.4 Å². The smallest absolute Gasteiger partial charge is 0.283 e. The fourth-order valence-corrected chi connectivity index (χ4v) is 4.10. The van der Waals surface area contributed by atoms with Gasteiger partial charge in [0.2, 0.25) is 5.91 Å². The summed E-state index contributed by atoms with van der Waals surface area (Å²) < 4.78 is 30.1. The van der Waals surface area contributed by atoms with Crippen LogP contribution in [0.25, 0.3) is 0 Å². The number of aryl methyl sites for hydroxylation is 2. The average molecular weight is 444 g/mol. The van der Waals surface area contributed by atoms with Gasteiger partial charge in [0, 0.05) is 37.3 Å². The molecule has 1 saturated carbocycles. The van der Waals surface area contributed by atoms with Crippen LogP contribution in [0.3, 0.4) is 0 Å². The molecule has 0 radical (unpaired) electrons. The molecule has 2 heterocycles. The lowest BCUT2D eigenvalue weighted by molar-refractivity contribution is -0.131. The van der Waals surface area contributed by atoms with Crippen LogP contribution in [0.15, 0.2) is 4.47 Å². The van der Waals surface area contributed by atoms with Crippen molar-refractivity contribution in [2.45, 2.75) is 65.6 Å². The average Bonchev–Trinajstić information content (AvgIpc) is 3.34. The van der Waals surface area contributed by atoms with Gasteiger partial charge in [-0.2, -0.15) is 10.2 Å². The second-order valence-corrected chi connectivity index (χ2v) is 7.83. The minimum atomic E-state index is -2.67. The Kier molecular flexibility index (Phi) is 5.69. The van der Waals surface area contributed by atoms with Gasteiger partial charge in [-0.3, -0.25) is 14.2 Å². The molecule has 0 spiro atoms. The quantitative estimate of drug-likeness (QED) is 0.650. The molecule has 6 nitrogen and oxygen atoms in total. The molecule has 3 rings (SSSR count). The number of halogens is 3. The summed E-state index contributed by atoms with van der Waals surface area (Å²) in [6.07, 6.45) is -0.798. The van der Waals surface area contributed by atoms with E-state index in [1.54, 1.807) is 11.9 Å². The molecule has 1 amide bonds. The molecule has 0 aliphatic heterocycles. The van der Waals surface area contributed by atoms with Crippen LogP contribution < -0.4 is 0 Å². The molecule has 27 heavy (non-hydrogen) atoms.